The number of anilines is 3. The lowest BCUT2D eigenvalue weighted by molar-refractivity contribution is -0.114. The number of amides is 2. The van der Waals surface area contributed by atoms with Gasteiger partial charge in [-0.2, -0.15) is 0 Å². The van der Waals surface area contributed by atoms with E-state index in [9.17, 15) is 18.0 Å². The molecule has 5 rings (SSSR count). The van der Waals surface area contributed by atoms with E-state index in [1.54, 1.807) is 97.8 Å². The first-order valence-corrected chi connectivity index (χ1v) is 14.8. The van der Waals surface area contributed by atoms with Crippen LogP contribution in [0.1, 0.15) is 21.5 Å². The first-order valence-electron chi connectivity index (χ1n) is 13.3. The van der Waals surface area contributed by atoms with E-state index in [-0.39, 0.29) is 16.6 Å². The number of benzene rings is 4. The summed E-state index contributed by atoms with van der Waals surface area (Å²) in [5, 5.41) is 2.82. The molecule has 1 aliphatic rings. The van der Waals surface area contributed by atoms with E-state index in [1.807, 2.05) is 6.07 Å². The fourth-order valence-corrected chi connectivity index (χ4v) is 6.57. The minimum absolute atomic E-state index is 0.0353. The molecule has 1 aliphatic heterocycles. The highest BCUT2D eigenvalue weighted by Crippen LogP contribution is 2.33. The Morgan fingerprint density at radius 3 is 2.33 bits per heavy atom. The molecule has 4 aromatic carbocycles. The largest absolute Gasteiger partial charge is 0.497 e. The number of ether oxygens (including phenoxy) is 2. The number of fused-ring (bicyclic) bond motifs is 1. The lowest BCUT2D eigenvalue weighted by atomic mass is 10.1. The number of aryl methyl sites for hydroxylation is 1. The zero-order valence-electron chi connectivity index (χ0n) is 23.5. The summed E-state index contributed by atoms with van der Waals surface area (Å²) in [5.74, 6) is 0.140. The van der Waals surface area contributed by atoms with Crippen molar-refractivity contribution >= 4 is 38.9 Å². The van der Waals surface area contributed by atoms with Crippen LogP contribution in [0.15, 0.2) is 95.9 Å². The average molecular weight is 586 g/mol. The summed E-state index contributed by atoms with van der Waals surface area (Å²) >= 11 is 0. The van der Waals surface area contributed by atoms with Gasteiger partial charge < -0.3 is 19.7 Å². The minimum Gasteiger partial charge on any atom is -0.497 e. The predicted molar refractivity (Wildman–Crippen MR) is 162 cm³/mol. The maximum Gasteiger partial charge on any atom is 0.268 e. The lowest BCUT2D eigenvalue weighted by Crippen LogP contribution is -2.38. The Morgan fingerprint density at radius 2 is 1.64 bits per heavy atom. The predicted octanol–water partition coefficient (Wildman–Crippen LogP) is 5.05. The lowest BCUT2D eigenvalue weighted by Gasteiger charge is -2.25. The van der Waals surface area contributed by atoms with Gasteiger partial charge in [-0.05, 0) is 85.1 Å². The smallest absolute Gasteiger partial charge is 0.268 e. The Hall–Kier alpha value is -4.83. The molecular formula is C32H31N3O6S. The van der Waals surface area contributed by atoms with Crippen LogP contribution in [0.4, 0.5) is 17.1 Å². The van der Waals surface area contributed by atoms with E-state index < -0.39 is 22.5 Å². The van der Waals surface area contributed by atoms with Gasteiger partial charge in [-0.25, -0.2) is 8.42 Å². The van der Waals surface area contributed by atoms with Gasteiger partial charge in [0.1, 0.15) is 22.9 Å². The van der Waals surface area contributed by atoms with Crippen molar-refractivity contribution in [3.8, 4) is 11.5 Å². The first-order chi connectivity index (χ1) is 20.2. The number of sulfonamides is 1. The quantitative estimate of drug-likeness (QED) is 0.295. The monoisotopic (exact) mass is 585 g/mol. The molecule has 0 aliphatic carbocycles. The number of nitrogens with one attached hydrogen (secondary N) is 1. The molecule has 10 heteroatoms. The second-order valence-corrected chi connectivity index (χ2v) is 11.7. The Balaban J connectivity index is 1.40. The van der Waals surface area contributed by atoms with E-state index in [0.717, 1.165) is 15.4 Å². The zero-order valence-corrected chi connectivity index (χ0v) is 24.4. The second kappa shape index (κ2) is 12.0. The molecule has 1 heterocycles. The Morgan fingerprint density at radius 1 is 0.905 bits per heavy atom. The molecule has 1 N–H and O–H groups in total. The van der Waals surface area contributed by atoms with E-state index in [1.165, 1.54) is 13.2 Å². The van der Waals surface area contributed by atoms with Gasteiger partial charge in [0.2, 0.25) is 5.91 Å². The van der Waals surface area contributed by atoms with Gasteiger partial charge in [0.05, 0.1) is 19.9 Å². The third-order valence-electron chi connectivity index (χ3n) is 7.07. The molecule has 0 atom stereocenters. The van der Waals surface area contributed by atoms with Gasteiger partial charge in [-0.1, -0.05) is 30.3 Å². The highest BCUT2D eigenvalue weighted by atomic mass is 32.2. The van der Waals surface area contributed by atoms with Crippen molar-refractivity contribution in [2.45, 2.75) is 18.2 Å². The van der Waals surface area contributed by atoms with Crippen molar-refractivity contribution in [2.24, 2.45) is 0 Å². The van der Waals surface area contributed by atoms with Crippen LogP contribution < -0.4 is 24.0 Å². The highest BCUT2D eigenvalue weighted by Gasteiger charge is 2.31. The summed E-state index contributed by atoms with van der Waals surface area (Å²) in [6.45, 7) is 1.82. The van der Waals surface area contributed by atoms with Gasteiger partial charge in [0.15, 0.2) is 0 Å². The number of rotatable bonds is 9. The van der Waals surface area contributed by atoms with E-state index in [4.69, 9.17) is 9.47 Å². The minimum atomic E-state index is -4.19. The molecule has 4 aromatic rings. The van der Waals surface area contributed by atoms with Crippen LogP contribution in [0.25, 0.3) is 0 Å². The van der Waals surface area contributed by atoms with Gasteiger partial charge in [-0.3, -0.25) is 13.9 Å². The number of hydrogen-bond donors (Lipinski definition) is 1. The molecule has 0 saturated carbocycles. The van der Waals surface area contributed by atoms with Crippen LogP contribution in [0.5, 0.6) is 11.5 Å². The number of hydrogen-bond acceptors (Lipinski definition) is 6. The normalized spacial score (nSPS) is 12.4. The molecule has 0 saturated heterocycles. The molecule has 0 radical (unpaired) electrons. The highest BCUT2D eigenvalue weighted by molar-refractivity contribution is 7.93. The molecule has 2 amide bonds. The van der Waals surface area contributed by atoms with Crippen molar-refractivity contribution in [2.75, 3.05) is 41.8 Å². The fraction of sp³-hybridized carbons (Fsp3) is 0.188. The van der Waals surface area contributed by atoms with Gasteiger partial charge in [0.25, 0.3) is 15.9 Å². The van der Waals surface area contributed by atoms with Crippen LogP contribution in [0.2, 0.25) is 0 Å². The Bertz CT molecular complexity index is 1720. The van der Waals surface area contributed by atoms with E-state index >= 15 is 0 Å². The van der Waals surface area contributed by atoms with Crippen molar-refractivity contribution in [3.63, 3.8) is 0 Å². The summed E-state index contributed by atoms with van der Waals surface area (Å²) in [5.41, 5.74) is 3.72. The van der Waals surface area contributed by atoms with Gasteiger partial charge >= 0.3 is 0 Å². The maximum absolute atomic E-state index is 13.9. The van der Waals surface area contributed by atoms with Crippen LogP contribution >= 0.6 is 0 Å². The summed E-state index contributed by atoms with van der Waals surface area (Å²) in [6.07, 6.45) is 0.684. The average Bonchev–Trinajstić information content (AvgIpc) is 3.43. The number of methoxy groups -OCH3 is 2. The SMILES string of the molecule is COc1ccc(C(=O)N2CCc3ccc(NC(=O)CN(c4ccccc4)S(=O)(=O)c4cc(C)ccc4OC)cc32)cc1. The topological polar surface area (TPSA) is 105 Å². The Kier molecular flexibility index (Phi) is 8.17. The van der Waals surface area contributed by atoms with Crippen molar-refractivity contribution in [1.29, 1.82) is 0 Å². The van der Waals surface area contributed by atoms with Crippen LogP contribution in [-0.4, -0.2) is 47.5 Å². The summed E-state index contributed by atoms with van der Waals surface area (Å²) < 4.78 is 39.4. The van der Waals surface area contributed by atoms with Crippen LogP contribution in [0.3, 0.4) is 0 Å². The van der Waals surface area contributed by atoms with Crippen molar-refractivity contribution in [3.05, 3.63) is 108 Å². The third kappa shape index (κ3) is 5.80. The molecule has 42 heavy (non-hydrogen) atoms. The van der Waals surface area contributed by atoms with Crippen molar-refractivity contribution < 1.29 is 27.5 Å². The Labute approximate surface area is 245 Å². The molecule has 0 aromatic heterocycles. The third-order valence-corrected chi connectivity index (χ3v) is 8.86. The first kappa shape index (κ1) is 28.7. The zero-order chi connectivity index (χ0) is 29.9. The van der Waals surface area contributed by atoms with E-state index in [2.05, 4.69) is 5.32 Å². The molecule has 0 unspecified atom stereocenters. The number of carbonyl (C=O) groups excluding carboxylic acids is 2. The van der Waals surface area contributed by atoms with E-state index in [0.29, 0.717) is 41.3 Å². The van der Waals surface area contributed by atoms with Crippen LogP contribution in [-0.2, 0) is 21.2 Å². The number of carbonyl (C=O) groups is 2. The maximum atomic E-state index is 13.9. The molecule has 0 bridgehead atoms. The number of para-hydroxylation sites is 1. The molecule has 0 spiro atoms. The summed E-state index contributed by atoms with van der Waals surface area (Å²) in [7, 11) is -1.22. The number of nitrogens with zero attached hydrogens (tertiary/aromatic N) is 2. The van der Waals surface area contributed by atoms with Crippen LogP contribution in [0, 0.1) is 6.92 Å². The summed E-state index contributed by atoms with van der Waals surface area (Å²) in [4.78, 5) is 28.3. The molecule has 216 valence electrons. The van der Waals surface area contributed by atoms with Gasteiger partial charge in [0, 0.05) is 23.5 Å². The standard InChI is InChI=1S/C32H31N3O6S/c1-22-9-16-29(41-3)30(19-22)42(38,39)35(26-7-5-4-6-8-26)21-31(36)33-25-13-10-23-17-18-34(28(23)20-25)32(37)24-11-14-27(40-2)15-12-24/h4-16,19-20H,17-18,21H2,1-3H3,(H,33,36). The molecular weight excluding hydrogens is 554 g/mol. The van der Waals surface area contributed by atoms with Gasteiger partial charge in [-0.15, -0.1) is 0 Å². The fourth-order valence-electron chi connectivity index (χ4n) is 4.90. The molecule has 0 fully saturated rings. The summed E-state index contributed by atoms with van der Waals surface area (Å²) in [6, 6.07) is 25.6. The molecule has 9 nitrogen and oxygen atoms in total. The van der Waals surface area contributed by atoms with Crippen molar-refractivity contribution in [1.82, 2.24) is 0 Å². The second-order valence-electron chi connectivity index (χ2n) is 9.83.